The van der Waals surface area contributed by atoms with E-state index in [1.165, 1.54) is 38.6 Å². The molecule has 6 nitrogen and oxygen atoms in total. The van der Waals surface area contributed by atoms with E-state index < -0.39 is 0 Å². The highest BCUT2D eigenvalue weighted by Crippen LogP contribution is 2.26. The Morgan fingerprint density at radius 2 is 2.00 bits per heavy atom. The van der Waals surface area contributed by atoms with Crippen LogP contribution >= 0.6 is 12.2 Å². The highest BCUT2D eigenvalue weighted by molar-refractivity contribution is 7.80. The Kier molecular flexibility index (Phi) is 7.02. The van der Waals surface area contributed by atoms with Gasteiger partial charge in [-0.05, 0) is 48.7 Å². The van der Waals surface area contributed by atoms with Crippen molar-refractivity contribution in [3.63, 3.8) is 0 Å². The van der Waals surface area contributed by atoms with Crippen LogP contribution in [-0.4, -0.2) is 49.0 Å². The molecule has 0 unspecified atom stereocenters. The predicted octanol–water partition coefficient (Wildman–Crippen LogP) is 2.43. The number of nitrogens with two attached hydrogens (primary N) is 1. The Labute approximate surface area is 167 Å². The van der Waals surface area contributed by atoms with E-state index in [-0.39, 0.29) is 5.11 Å². The Bertz CT molecular complexity index is 712. The van der Waals surface area contributed by atoms with Crippen LogP contribution in [0.5, 0.6) is 0 Å². The van der Waals surface area contributed by atoms with Gasteiger partial charge < -0.3 is 10.6 Å². The fourth-order valence-electron chi connectivity index (χ4n) is 4.08. The van der Waals surface area contributed by atoms with Gasteiger partial charge in [-0.25, -0.2) is 0 Å². The number of hydrazone groups is 1. The van der Waals surface area contributed by atoms with E-state index in [4.69, 9.17) is 18.0 Å². The third-order valence-electron chi connectivity index (χ3n) is 5.48. The molecule has 0 amide bonds. The maximum absolute atomic E-state index is 9.57. The molecule has 0 spiro atoms. The maximum Gasteiger partial charge on any atom is 0.184 e. The zero-order valence-electron chi connectivity index (χ0n) is 15.7. The summed E-state index contributed by atoms with van der Waals surface area (Å²) in [4.78, 5) is 4.92. The highest BCUT2D eigenvalue weighted by Gasteiger charge is 2.22. The smallest absolute Gasteiger partial charge is 0.184 e. The van der Waals surface area contributed by atoms with Gasteiger partial charge >= 0.3 is 0 Å². The number of nitrogens with zero attached hydrogens (tertiary/aromatic N) is 4. The standard InChI is InChI=1S/C20H28N6S/c21-13-18-12-17(14-23-24-20(22)27)6-7-19(18)26-10-8-25(9-11-26)15-16-4-2-1-3-5-16/h6-7,12,14,16H,1-5,8-11,15H2,(H3,22,24,27)/b23-14+. The van der Waals surface area contributed by atoms with Crippen molar-refractivity contribution >= 4 is 29.2 Å². The first kappa shape index (κ1) is 19.6. The van der Waals surface area contributed by atoms with Crippen LogP contribution in [0.2, 0.25) is 0 Å². The molecule has 144 valence electrons. The van der Waals surface area contributed by atoms with Gasteiger partial charge in [0.25, 0.3) is 0 Å². The summed E-state index contributed by atoms with van der Waals surface area (Å²) in [5.74, 6) is 0.883. The lowest BCUT2D eigenvalue weighted by molar-refractivity contribution is 0.192. The van der Waals surface area contributed by atoms with Crippen LogP contribution < -0.4 is 16.1 Å². The van der Waals surface area contributed by atoms with Crippen molar-refractivity contribution < 1.29 is 0 Å². The molecule has 27 heavy (non-hydrogen) atoms. The quantitative estimate of drug-likeness (QED) is 0.461. The summed E-state index contributed by atoms with van der Waals surface area (Å²) < 4.78 is 0. The summed E-state index contributed by atoms with van der Waals surface area (Å²) in [6.07, 6.45) is 8.62. The van der Waals surface area contributed by atoms with E-state index in [1.807, 2.05) is 18.2 Å². The van der Waals surface area contributed by atoms with Gasteiger partial charge in [-0.3, -0.25) is 10.3 Å². The number of hydrogen-bond donors (Lipinski definition) is 2. The molecule has 1 aromatic carbocycles. The number of rotatable bonds is 5. The fourth-order valence-corrected chi connectivity index (χ4v) is 4.13. The second-order valence-electron chi connectivity index (χ2n) is 7.41. The predicted molar refractivity (Wildman–Crippen MR) is 114 cm³/mol. The van der Waals surface area contributed by atoms with Crippen molar-refractivity contribution in [2.24, 2.45) is 16.8 Å². The third kappa shape index (κ3) is 5.65. The number of piperazine rings is 1. The molecule has 7 heteroatoms. The highest BCUT2D eigenvalue weighted by atomic mass is 32.1. The van der Waals surface area contributed by atoms with Gasteiger partial charge in [0.1, 0.15) is 6.07 Å². The molecule has 1 saturated heterocycles. The van der Waals surface area contributed by atoms with Crippen LogP contribution in [0.4, 0.5) is 5.69 Å². The van der Waals surface area contributed by atoms with Crippen LogP contribution in [0, 0.1) is 17.2 Å². The van der Waals surface area contributed by atoms with E-state index in [1.54, 1.807) is 6.21 Å². The lowest BCUT2D eigenvalue weighted by Crippen LogP contribution is -2.48. The summed E-state index contributed by atoms with van der Waals surface area (Å²) in [7, 11) is 0. The van der Waals surface area contributed by atoms with Crippen molar-refractivity contribution in [2.45, 2.75) is 32.1 Å². The number of thiocarbonyl (C=S) groups is 1. The summed E-state index contributed by atoms with van der Waals surface area (Å²) in [6.45, 7) is 5.32. The molecule has 0 aromatic heterocycles. The molecule has 0 atom stereocenters. The molecule has 1 aromatic rings. The van der Waals surface area contributed by atoms with Crippen LogP contribution in [0.25, 0.3) is 0 Å². The minimum absolute atomic E-state index is 0.120. The van der Waals surface area contributed by atoms with Crippen molar-refractivity contribution in [3.8, 4) is 6.07 Å². The molecule has 0 bridgehead atoms. The van der Waals surface area contributed by atoms with Gasteiger partial charge in [0, 0.05) is 32.7 Å². The number of hydrogen-bond acceptors (Lipinski definition) is 5. The number of anilines is 1. The van der Waals surface area contributed by atoms with E-state index in [0.717, 1.165) is 43.3 Å². The Hall–Kier alpha value is -2.17. The van der Waals surface area contributed by atoms with E-state index in [0.29, 0.717) is 5.56 Å². The summed E-state index contributed by atoms with van der Waals surface area (Å²) in [5.41, 5.74) is 10.4. The molecule has 3 N–H and O–H groups in total. The first-order valence-corrected chi connectivity index (χ1v) is 10.2. The molecule has 2 aliphatic rings. The van der Waals surface area contributed by atoms with Gasteiger partial charge in [-0.15, -0.1) is 0 Å². The topological polar surface area (TPSA) is 80.7 Å². The summed E-state index contributed by atoms with van der Waals surface area (Å²) in [5, 5.41) is 13.6. The molecule has 3 rings (SSSR count). The normalized spacial score (nSPS) is 19.1. The van der Waals surface area contributed by atoms with E-state index in [2.05, 4.69) is 26.4 Å². The van der Waals surface area contributed by atoms with Crippen molar-refractivity contribution in [1.82, 2.24) is 10.3 Å². The molecular formula is C20H28N6S. The van der Waals surface area contributed by atoms with Crippen LogP contribution in [0.3, 0.4) is 0 Å². The van der Waals surface area contributed by atoms with Crippen LogP contribution in [0.15, 0.2) is 23.3 Å². The zero-order chi connectivity index (χ0) is 19.1. The van der Waals surface area contributed by atoms with Crippen molar-refractivity contribution in [1.29, 1.82) is 5.26 Å². The lowest BCUT2D eigenvalue weighted by atomic mass is 9.89. The molecule has 1 aliphatic heterocycles. The molecule has 0 radical (unpaired) electrons. The summed E-state index contributed by atoms with van der Waals surface area (Å²) >= 11 is 4.72. The van der Waals surface area contributed by atoms with Gasteiger partial charge in [0.15, 0.2) is 5.11 Å². The van der Waals surface area contributed by atoms with Crippen molar-refractivity contribution in [3.05, 3.63) is 29.3 Å². The first-order valence-electron chi connectivity index (χ1n) is 9.75. The number of nitriles is 1. The zero-order valence-corrected chi connectivity index (χ0v) is 16.5. The Morgan fingerprint density at radius 1 is 1.26 bits per heavy atom. The Balaban J connectivity index is 1.57. The van der Waals surface area contributed by atoms with Crippen molar-refractivity contribution in [2.75, 3.05) is 37.6 Å². The third-order valence-corrected chi connectivity index (χ3v) is 5.57. The molecule has 1 heterocycles. The second kappa shape index (κ2) is 9.67. The number of nitrogens with one attached hydrogen (secondary N) is 1. The fraction of sp³-hybridized carbons (Fsp3) is 0.550. The molecule has 2 fully saturated rings. The number of benzene rings is 1. The van der Waals surface area contributed by atoms with Gasteiger partial charge in [-0.1, -0.05) is 25.3 Å². The minimum Gasteiger partial charge on any atom is -0.375 e. The SMILES string of the molecule is N#Cc1cc(/C=N/NC(N)=S)ccc1N1CCN(CC2CCCCC2)CC1. The van der Waals surface area contributed by atoms with Gasteiger partial charge in [0.2, 0.25) is 0 Å². The average molecular weight is 385 g/mol. The lowest BCUT2D eigenvalue weighted by Gasteiger charge is -2.38. The van der Waals surface area contributed by atoms with Crippen LogP contribution in [0.1, 0.15) is 43.2 Å². The Morgan fingerprint density at radius 3 is 2.67 bits per heavy atom. The summed E-state index contributed by atoms with van der Waals surface area (Å²) in [6, 6.07) is 8.16. The van der Waals surface area contributed by atoms with Gasteiger partial charge in [-0.2, -0.15) is 10.4 Å². The van der Waals surface area contributed by atoms with Gasteiger partial charge in [0.05, 0.1) is 17.5 Å². The molecule has 1 saturated carbocycles. The monoisotopic (exact) mass is 384 g/mol. The minimum atomic E-state index is 0.120. The van der Waals surface area contributed by atoms with E-state index in [9.17, 15) is 5.26 Å². The molecular weight excluding hydrogens is 356 g/mol. The van der Waals surface area contributed by atoms with E-state index >= 15 is 0 Å². The maximum atomic E-state index is 9.57. The average Bonchev–Trinajstić information content (AvgIpc) is 2.69. The van der Waals surface area contributed by atoms with Crippen LogP contribution in [-0.2, 0) is 0 Å². The molecule has 1 aliphatic carbocycles. The second-order valence-corrected chi connectivity index (χ2v) is 7.85. The largest absolute Gasteiger partial charge is 0.375 e. The first-order chi connectivity index (χ1) is 13.2.